The van der Waals surface area contributed by atoms with Crippen LogP contribution in [0.3, 0.4) is 0 Å². The van der Waals surface area contributed by atoms with E-state index in [0.717, 1.165) is 5.56 Å². The summed E-state index contributed by atoms with van der Waals surface area (Å²) in [6, 6.07) is 19.7. The first-order valence-corrected chi connectivity index (χ1v) is 10.5. The molecular formula is C22H21NO6S. The predicted molar refractivity (Wildman–Crippen MR) is 112 cm³/mol. The Morgan fingerprint density at radius 2 is 1.53 bits per heavy atom. The van der Waals surface area contributed by atoms with Gasteiger partial charge >= 0.3 is 5.97 Å². The van der Waals surface area contributed by atoms with Crippen LogP contribution in [0.5, 0.6) is 11.5 Å². The molecule has 0 aliphatic heterocycles. The molecule has 0 aliphatic carbocycles. The van der Waals surface area contributed by atoms with E-state index >= 15 is 0 Å². The third kappa shape index (κ3) is 4.90. The minimum atomic E-state index is -3.99. The fourth-order valence-corrected chi connectivity index (χ4v) is 3.83. The second-order valence-electron chi connectivity index (χ2n) is 6.23. The molecule has 156 valence electrons. The summed E-state index contributed by atoms with van der Waals surface area (Å²) in [6.45, 7) is 0.0798. The fraction of sp³-hybridized carbons (Fsp3) is 0.136. The molecule has 8 heteroatoms. The molecule has 7 nitrogen and oxygen atoms in total. The number of nitrogens with one attached hydrogen (secondary N) is 1. The first-order chi connectivity index (χ1) is 14.4. The smallest absolute Gasteiger partial charge is 0.340 e. The van der Waals surface area contributed by atoms with Crippen LogP contribution >= 0.6 is 0 Å². The van der Waals surface area contributed by atoms with Crippen molar-refractivity contribution in [2.75, 3.05) is 18.9 Å². The number of ether oxygens (including phenoxy) is 3. The quantitative estimate of drug-likeness (QED) is 0.549. The molecular weight excluding hydrogens is 406 g/mol. The molecule has 0 saturated carbocycles. The van der Waals surface area contributed by atoms with Gasteiger partial charge in [-0.15, -0.1) is 0 Å². The number of benzene rings is 3. The van der Waals surface area contributed by atoms with Gasteiger partial charge in [0.25, 0.3) is 10.0 Å². The van der Waals surface area contributed by atoms with Crippen molar-refractivity contribution >= 4 is 21.7 Å². The van der Waals surface area contributed by atoms with E-state index in [2.05, 4.69) is 4.72 Å². The zero-order chi connectivity index (χ0) is 21.6. The number of sulfonamides is 1. The van der Waals surface area contributed by atoms with E-state index in [1.54, 1.807) is 12.1 Å². The van der Waals surface area contributed by atoms with Crippen molar-refractivity contribution in [1.82, 2.24) is 0 Å². The highest BCUT2D eigenvalue weighted by atomic mass is 32.2. The molecule has 30 heavy (non-hydrogen) atoms. The van der Waals surface area contributed by atoms with E-state index in [-0.39, 0.29) is 28.5 Å². The normalized spacial score (nSPS) is 10.9. The number of carbonyl (C=O) groups excluding carboxylic acids is 1. The molecule has 0 radical (unpaired) electrons. The van der Waals surface area contributed by atoms with E-state index in [0.29, 0.717) is 5.75 Å². The maximum absolute atomic E-state index is 12.9. The van der Waals surface area contributed by atoms with Crippen LogP contribution < -0.4 is 14.2 Å². The van der Waals surface area contributed by atoms with E-state index in [9.17, 15) is 13.2 Å². The van der Waals surface area contributed by atoms with Crippen LogP contribution in [0.25, 0.3) is 0 Å². The van der Waals surface area contributed by atoms with Crippen LogP contribution in [0, 0.1) is 0 Å². The van der Waals surface area contributed by atoms with Crippen LogP contribution in [0.1, 0.15) is 15.9 Å². The largest absolute Gasteiger partial charge is 0.493 e. The van der Waals surface area contributed by atoms with Gasteiger partial charge in [0.15, 0.2) is 11.5 Å². The van der Waals surface area contributed by atoms with Crippen molar-refractivity contribution in [2.24, 2.45) is 0 Å². The lowest BCUT2D eigenvalue weighted by Crippen LogP contribution is -2.16. The third-order valence-corrected chi connectivity index (χ3v) is 5.63. The van der Waals surface area contributed by atoms with Crippen molar-refractivity contribution in [3.05, 3.63) is 83.9 Å². The predicted octanol–water partition coefficient (Wildman–Crippen LogP) is 3.86. The number of hydrogen-bond acceptors (Lipinski definition) is 6. The Kier molecular flexibility index (Phi) is 6.58. The molecule has 0 heterocycles. The van der Waals surface area contributed by atoms with Crippen LogP contribution in [-0.4, -0.2) is 28.6 Å². The Labute approximate surface area is 175 Å². The molecule has 3 aromatic rings. The maximum atomic E-state index is 12.9. The summed E-state index contributed by atoms with van der Waals surface area (Å²) in [5.74, 6) is 0.0433. The molecule has 0 aromatic heterocycles. The monoisotopic (exact) mass is 427 g/mol. The highest BCUT2D eigenvalue weighted by Crippen LogP contribution is 2.30. The van der Waals surface area contributed by atoms with Crippen molar-refractivity contribution in [3.63, 3.8) is 0 Å². The highest BCUT2D eigenvalue weighted by Gasteiger charge is 2.21. The van der Waals surface area contributed by atoms with E-state index in [1.165, 1.54) is 44.6 Å². The van der Waals surface area contributed by atoms with E-state index < -0.39 is 16.0 Å². The molecule has 0 saturated heterocycles. The second kappa shape index (κ2) is 9.32. The number of rotatable bonds is 8. The zero-order valence-corrected chi connectivity index (χ0v) is 17.3. The average Bonchev–Trinajstić information content (AvgIpc) is 2.77. The lowest BCUT2D eigenvalue weighted by atomic mass is 10.2. The van der Waals surface area contributed by atoms with Gasteiger partial charge in [0.2, 0.25) is 0 Å². The summed E-state index contributed by atoms with van der Waals surface area (Å²) in [5, 5.41) is 0. The van der Waals surface area contributed by atoms with Gasteiger partial charge in [-0.1, -0.05) is 42.5 Å². The lowest BCUT2D eigenvalue weighted by molar-refractivity contribution is 0.0474. The van der Waals surface area contributed by atoms with Gasteiger partial charge in [0.1, 0.15) is 6.61 Å². The first-order valence-electron chi connectivity index (χ1n) is 8.99. The summed E-state index contributed by atoms with van der Waals surface area (Å²) >= 11 is 0. The Hall–Kier alpha value is -3.52. The molecule has 0 fully saturated rings. The van der Waals surface area contributed by atoms with Gasteiger partial charge in [0.05, 0.1) is 30.4 Å². The Morgan fingerprint density at radius 1 is 0.867 bits per heavy atom. The van der Waals surface area contributed by atoms with Crippen LogP contribution in [0.4, 0.5) is 5.69 Å². The average molecular weight is 427 g/mol. The van der Waals surface area contributed by atoms with Gasteiger partial charge in [-0.2, -0.15) is 0 Å². The van der Waals surface area contributed by atoms with Gasteiger partial charge in [-0.3, -0.25) is 4.72 Å². The summed E-state index contributed by atoms with van der Waals surface area (Å²) in [5.41, 5.74) is 1.05. The molecule has 3 aromatic carbocycles. The molecule has 3 rings (SSSR count). The standard InChI is InChI=1S/C22H21NO6S/c1-27-20-13-12-17(14-21(20)28-2)30(25,26)23-19-11-7-6-10-18(19)22(24)29-15-16-8-4-3-5-9-16/h3-14,23H,15H2,1-2H3. The Balaban J connectivity index is 1.82. The Bertz CT molecular complexity index is 1130. The number of para-hydroxylation sites is 1. The van der Waals surface area contributed by atoms with Gasteiger partial charge in [-0.25, -0.2) is 13.2 Å². The molecule has 0 amide bonds. The van der Waals surface area contributed by atoms with Gasteiger partial charge in [-0.05, 0) is 29.8 Å². The number of methoxy groups -OCH3 is 2. The van der Waals surface area contributed by atoms with Crippen molar-refractivity contribution in [3.8, 4) is 11.5 Å². The number of anilines is 1. The summed E-state index contributed by atoms with van der Waals surface area (Å²) < 4.78 is 43.8. The lowest BCUT2D eigenvalue weighted by Gasteiger charge is -2.14. The molecule has 0 spiro atoms. The maximum Gasteiger partial charge on any atom is 0.340 e. The first kappa shape index (κ1) is 21.2. The Morgan fingerprint density at radius 3 is 2.23 bits per heavy atom. The van der Waals surface area contributed by atoms with Crippen LogP contribution in [-0.2, 0) is 21.4 Å². The minimum absolute atomic E-state index is 0.0346. The minimum Gasteiger partial charge on any atom is -0.493 e. The summed E-state index contributed by atoms with van der Waals surface area (Å²) in [7, 11) is -1.11. The fourth-order valence-electron chi connectivity index (χ4n) is 2.74. The van der Waals surface area contributed by atoms with Crippen LogP contribution in [0.2, 0.25) is 0 Å². The summed E-state index contributed by atoms with van der Waals surface area (Å²) in [4.78, 5) is 12.5. The SMILES string of the molecule is COc1ccc(S(=O)(=O)Nc2ccccc2C(=O)OCc2ccccc2)cc1OC. The third-order valence-electron chi connectivity index (χ3n) is 4.27. The zero-order valence-electron chi connectivity index (χ0n) is 16.5. The van der Waals surface area contributed by atoms with Gasteiger partial charge < -0.3 is 14.2 Å². The summed E-state index contributed by atoms with van der Waals surface area (Å²) in [6.07, 6.45) is 0. The second-order valence-corrected chi connectivity index (χ2v) is 7.91. The molecule has 0 atom stereocenters. The highest BCUT2D eigenvalue weighted by molar-refractivity contribution is 7.92. The van der Waals surface area contributed by atoms with Crippen molar-refractivity contribution < 1.29 is 27.4 Å². The molecule has 0 bridgehead atoms. The van der Waals surface area contributed by atoms with E-state index in [1.807, 2.05) is 30.3 Å². The van der Waals surface area contributed by atoms with Crippen molar-refractivity contribution in [1.29, 1.82) is 0 Å². The number of hydrogen-bond donors (Lipinski definition) is 1. The number of esters is 1. The van der Waals surface area contributed by atoms with E-state index in [4.69, 9.17) is 14.2 Å². The van der Waals surface area contributed by atoms with Gasteiger partial charge in [0, 0.05) is 6.07 Å². The topological polar surface area (TPSA) is 90.9 Å². The molecule has 0 aliphatic rings. The molecule has 0 unspecified atom stereocenters. The van der Waals surface area contributed by atoms with Crippen molar-refractivity contribution in [2.45, 2.75) is 11.5 Å². The number of carbonyl (C=O) groups is 1. The molecule has 1 N–H and O–H groups in total. The van der Waals surface area contributed by atoms with Crippen LogP contribution in [0.15, 0.2) is 77.7 Å².